The standard InChI is InChI=1S/C21H28N6O2.HI/c1-5-22-21(23-12-16-9-8-15(4)11-18(16)29-14(2)3)24-13-19-25-20(27-26-19)17-7-6-10-28-17;/h6-11,14H,5,12-13H2,1-4H3,(H2,22,23,24)(H,25,26,27);1H. The SMILES string of the molecule is CCNC(=NCc1ccc(C)cc1OC(C)C)NCc1nc(-c2ccco2)n[nH]1.I. The number of nitrogens with one attached hydrogen (secondary N) is 3. The third-order valence-electron chi connectivity index (χ3n) is 4.03. The van der Waals surface area contributed by atoms with Crippen molar-refractivity contribution in [1.29, 1.82) is 0 Å². The van der Waals surface area contributed by atoms with Crippen molar-refractivity contribution in [3.63, 3.8) is 0 Å². The van der Waals surface area contributed by atoms with E-state index < -0.39 is 0 Å². The molecule has 0 amide bonds. The van der Waals surface area contributed by atoms with Gasteiger partial charge in [-0.2, -0.15) is 0 Å². The largest absolute Gasteiger partial charge is 0.491 e. The summed E-state index contributed by atoms with van der Waals surface area (Å²) in [6.07, 6.45) is 1.71. The second-order valence-electron chi connectivity index (χ2n) is 6.91. The lowest BCUT2D eigenvalue weighted by atomic mass is 10.1. The van der Waals surface area contributed by atoms with Crippen molar-refractivity contribution in [2.75, 3.05) is 6.54 Å². The normalized spacial score (nSPS) is 11.3. The average molecular weight is 524 g/mol. The number of hydrogen-bond donors (Lipinski definition) is 3. The lowest BCUT2D eigenvalue weighted by Crippen LogP contribution is -2.37. The van der Waals surface area contributed by atoms with Gasteiger partial charge in [-0.1, -0.05) is 12.1 Å². The van der Waals surface area contributed by atoms with Crippen molar-refractivity contribution in [3.8, 4) is 17.3 Å². The maximum atomic E-state index is 5.94. The quantitative estimate of drug-likeness (QED) is 0.234. The maximum absolute atomic E-state index is 5.94. The highest BCUT2D eigenvalue weighted by Gasteiger charge is 2.10. The molecular weight excluding hydrogens is 495 g/mol. The number of hydrogen-bond acceptors (Lipinski definition) is 5. The molecule has 3 aromatic rings. The Labute approximate surface area is 193 Å². The number of benzene rings is 1. The van der Waals surface area contributed by atoms with Crippen LogP contribution in [0.2, 0.25) is 0 Å². The average Bonchev–Trinajstić information content (AvgIpc) is 3.36. The summed E-state index contributed by atoms with van der Waals surface area (Å²) in [7, 11) is 0. The summed E-state index contributed by atoms with van der Waals surface area (Å²) in [5.74, 6) is 3.42. The van der Waals surface area contributed by atoms with E-state index in [1.54, 1.807) is 6.26 Å². The van der Waals surface area contributed by atoms with E-state index in [4.69, 9.17) is 9.15 Å². The molecule has 2 aromatic heterocycles. The van der Waals surface area contributed by atoms with Crippen molar-refractivity contribution in [2.24, 2.45) is 4.99 Å². The van der Waals surface area contributed by atoms with Crippen molar-refractivity contribution in [3.05, 3.63) is 53.5 Å². The smallest absolute Gasteiger partial charge is 0.216 e. The summed E-state index contributed by atoms with van der Waals surface area (Å²) >= 11 is 0. The number of guanidine groups is 1. The van der Waals surface area contributed by atoms with E-state index in [9.17, 15) is 0 Å². The van der Waals surface area contributed by atoms with Crippen molar-refractivity contribution < 1.29 is 9.15 Å². The molecule has 30 heavy (non-hydrogen) atoms. The fourth-order valence-electron chi connectivity index (χ4n) is 2.72. The van der Waals surface area contributed by atoms with Gasteiger partial charge in [0.15, 0.2) is 11.7 Å². The molecule has 0 saturated carbocycles. The molecule has 0 atom stereocenters. The summed E-state index contributed by atoms with van der Waals surface area (Å²) < 4.78 is 11.3. The molecule has 3 rings (SSSR count). The Morgan fingerprint density at radius 3 is 2.80 bits per heavy atom. The van der Waals surface area contributed by atoms with Gasteiger partial charge >= 0.3 is 0 Å². The van der Waals surface area contributed by atoms with Gasteiger partial charge in [0.05, 0.1) is 25.5 Å². The number of aryl methyl sites for hydroxylation is 1. The molecule has 0 aliphatic carbocycles. The Balaban J connectivity index is 0.00000320. The molecule has 2 heterocycles. The van der Waals surface area contributed by atoms with Crippen LogP contribution in [0.5, 0.6) is 5.75 Å². The first-order valence-electron chi connectivity index (χ1n) is 9.78. The second-order valence-corrected chi connectivity index (χ2v) is 6.91. The third kappa shape index (κ3) is 6.75. The van der Waals surface area contributed by atoms with Gasteiger partial charge in [0.25, 0.3) is 0 Å². The number of aliphatic imine (C=N–C) groups is 1. The highest BCUT2D eigenvalue weighted by Crippen LogP contribution is 2.22. The zero-order valence-corrected chi connectivity index (χ0v) is 20.1. The molecule has 0 saturated heterocycles. The zero-order valence-electron chi connectivity index (χ0n) is 17.7. The molecule has 1 aromatic carbocycles. The zero-order chi connectivity index (χ0) is 20.6. The highest BCUT2D eigenvalue weighted by atomic mass is 127. The van der Waals surface area contributed by atoms with Crippen molar-refractivity contribution in [2.45, 2.75) is 46.9 Å². The van der Waals surface area contributed by atoms with E-state index in [-0.39, 0.29) is 30.1 Å². The van der Waals surface area contributed by atoms with Crippen LogP contribution in [0.15, 0.2) is 46.0 Å². The van der Waals surface area contributed by atoms with Crippen LogP contribution in [0.3, 0.4) is 0 Å². The first kappa shape index (κ1) is 23.7. The number of aromatic nitrogens is 3. The number of rotatable bonds is 8. The van der Waals surface area contributed by atoms with Gasteiger partial charge < -0.3 is 19.8 Å². The molecule has 9 heteroatoms. The van der Waals surface area contributed by atoms with Gasteiger partial charge in [-0.3, -0.25) is 5.10 Å². The minimum Gasteiger partial charge on any atom is -0.491 e. The van der Waals surface area contributed by atoms with Gasteiger partial charge in [-0.25, -0.2) is 9.98 Å². The van der Waals surface area contributed by atoms with Crippen molar-refractivity contribution in [1.82, 2.24) is 25.8 Å². The molecule has 0 spiro atoms. The Morgan fingerprint density at radius 2 is 2.10 bits per heavy atom. The minimum atomic E-state index is 0. The van der Waals surface area contributed by atoms with E-state index in [1.807, 2.05) is 32.9 Å². The molecular formula is C21H29IN6O2. The van der Waals surface area contributed by atoms with Crippen LogP contribution in [-0.4, -0.2) is 33.8 Å². The summed E-state index contributed by atoms with van der Waals surface area (Å²) in [6, 6.07) is 9.82. The molecule has 162 valence electrons. The lowest BCUT2D eigenvalue weighted by molar-refractivity contribution is 0.240. The highest BCUT2D eigenvalue weighted by molar-refractivity contribution is 14.0. The monoisotopic (exact) mass is 524 g/mol. The minimum absolute atomic E-state index is 0. The fraction of sp³-hybridized carbons (Fsp3) is 0.381. The van der Waals surface area contributed by atoms with Crippen LogP contribution < -0.4 is 15.4 Å². The summed E-state index contributed by atoms with van der Waals surface area (Å²) in [5.41, 5.74) is 2.21. The second kappa shape index (κ2) is 11.6. The number of ether oxygens (including phenoxy) is 1. The predicted molar refractivity (Wildman–Crippen MR) is 128 cm³/mol. The Bertz CT molecular complexity index is 937. The van der Waals surface area contributed by atoms with Crippen LogP contribution >= 0.6 is 24.0 Å². The van der Waals surface area contributed by atoms with Gasteiger partial charge in [0.2, 0.25) is 5.82 Å². The Morgan fingerprint density at radius 1 is 1.27 bits per heavy atom. The lowest BCUT2D eigenvalue weighted by Gasteiger charge is -2.15. The van der Waals surface area contributed by atoms with E-state index in [1.165, 1.54) is 0 Å². The van der Waals surface area contributed by atoms with Crippen LogP contribution in [0, 0.1) is 6.92 Å². The van der Waals surface area contributed by atoms with Crippen LogP contribution in [0.25, 0.3) is 11.6 Å². The number of H-pyrrole nitrogens is 1. The van der Waals surface area contributed by atoms with E-state index in [0.717, 1.165) is 23.4 Å². The van der Waals surface area contributed by atoms with Gasteiger partial charge in [-0.15, -0.1) is 29.1 Å². The van der Waals surface area contributed by atoms with Gasteiger partial charge in [0.1, 0.15) is 11.6 Å². The molecule has 0 bridgehead atoms. The molecule has 0 unspecified atom stereocenters. The van der Waals surface area contributed by atoms with Crippen LogP contribution in [-0.2, 0) is 13.1 Å². The molecule has 0 aliphatic rings. The Hall–Kier alpha value is -2.56. The Kier molecular flexibility index (Phi) is 9.15. The fourth-order valence-corrected chi connectivity index (χ4v) is 2.72. The van der Waals surface area contributed by atoms with Crippen LogP contribution in [0.4, 0.5) is 0 Å². The molecule has 0 radical (unpaired) electrons. The van der Waals surface area contributed by atoms with E-state index in [0.29, 0.717) is 36.5 Å². The number of aromatic amines is 1. The summed E-state index contributed by atoms with van der Waals surface area (Å²) in [5, 5.41) is 13.6. The molecule has 3 N–H and O–H groups in total. The molecule has 0 aliphatic heterocycles. The first-order valence-corrected chi connectivity index (χ1v) is 9.78. The number of furan rings is 1. The molecule has 8 nitrogen and oxygen atoms in total. The van der Waals surface area contributed by atoms with E-state index in [2.05, 4.69) is 55.9 Å². The topological polar surface area (TPSA) is 100 Å². The van der Waals surface area contributed by atoms with Gasteiger partial charge in [0, 0.05) is 12.1 Å². The first-order chi connectivity index (χ1) is 14.0. The molecule has 0 fully saturated rings. The number of halogens is 1. The van der Waals surface area contributed by atoms with Crippen LogP contribution in [0.1, 0.15) is 37.7 Å². The van der Waals surface area contributed by atoms with Gasteiger partial charge in [-0.05, 0) is 51.5 Å². The summed E-state index contributed by atoms with van der Waals surface area (Å²) in [4.78, 5) is 9.12. The van der Waals surface area contributed by atoms with Crippen molar-refractivity contribution >= 4 is 29.9 Å². The summed E-state index contributed by atoms with van der Waals surface area (Å²) in [6.45, 7) is 9.85. The van der Waals surface area contributed by atoms with E-state index >= 15 is 0 Å². The third-order valence-corrected chi connectivity index (χ3v) is 4.03. The predicted octanol–water partition coefficient (Wildman–Crippen LogP) is 4.03. The maximum Gasteiger partial charge on any atom is 0.216 e. The number of nitrogens with zero attached hydrogens (tertiary/aromatic N) is 3.